The lowest BCUT2D eigenvalue weighted by Gasteiger charge is -2.22. The summed E-state index contributed by atoms with van der Waals surface area (Å²) in [5.74, 6) is -1.75. The van der Waals surface area contributed by atoms with Crippen molar-refractivity contribution in [1.82, 2.24) is 9.71 Å². The highest BCUT2D eigenvalue weighted by atomic mass is 35.5. The Kier molecular flexibility index (Phi) is 12.9. The van der Waals surface area contributed by atoms with Crippen LogP contribution in [-0.4, -0.2) is 56.5 Å². The van der Waals surface area contributed by atoms with E-state index in [4.69, 9.17) is 46.9 Å². The Bertz CT molecular complexity index is 1850. The molecule has 0 bridgehead atoms. The van der Waals surface area contributed by atoms with Crippen LogP contribution >= 0.6 is 23.2 Å². The Hall–Kier alpha value is -3.72. The van der Waals surface area contributed by atoms with E-state index in [1.807, 2.05) is 0 Å². The van der Waals surface area contributed by atoms with Gasteiger partial charge in [-0.25, -0.2) is 17.9 Å². The molecule has 16 heteroatoms. The SMILES string of the molecule is CC(C)(C)OC(=O)CS(=O)(=O)NCc1ccc(C(=O)OC(Cc2c(Cl)cncc2Cl)c2ccc(OC(F)F)c(OCC3CC3)c2)cc1OCC1CC1. The van der Waals surface area contributed by atoms with Crippen LogP contribution in [0.4, 0.5) is 8.78 Å². The van der Waals surface area contributed by atoms with Crippen molar-refractivity contribution in [2.24, 2.45) is 11.8 Å². The first kappa shape index (κ1) is 39.5. The maximum absolute atomic E-state index is 13.8. The van der Waals surface area contributed by atoms with Crippen LogP contribution in [0.2, 0.25) is 10.0 Å². The Labute approximate surface area is 311 Å². The third-order valence-corrected chi connectivity index (χ3v) is 9.85. The molecule has 2 aliphatic carbocycles. The number of esters is 2. The number of pyridine rings is 1. The lowest BCUT2D eigenvalue weighted by molar-refractivity contribution is -0.151. The first-order valence-electron chi connectivity index (χ1n) is 16.7. The topological polar surface area (TPSA) is 139 Å². The lowest BCUT2D eigenvalue weighted by atomic mass is 10.0. The van der Waals surface area contributed by atoms with E-state index in [0.717, 1.165) is 25.7 Å². The number of hydrogen-bond acceptors (Lipinski definition) is 10. The van der Waals surface area contributed by atoms with Crippen LogP contribution in [0.15, 0.2) is 48.8 Å². The highest BCUT2D eigenvalue weighted by molar-refractivity contribution is 7.90. The number of nitrogens with zero attached hydrogens (tertiary/aromatic N) is 1. The average Bonchev–Trinajstić information content (AvgIpc) is 3.98. The van der Waals surface area contributed by atoms with Crippen molar-refractivity contribution in [2.45, 2.75) is 77.7 Å². The molecule has 2 saturated carbocycles. The van der Waals surface area contributed by atoms with Gasteiger partial charge in [0, 0.05) is 30.9 Å². The first-order valence-corrected chi connectivity index (χ1v) is 19.1. The van der Waals surface area contributed by atoms with Gasteiger partial charge in [-0.15, -0.1) is 0 Å². The molecular weight excluding hydrogens is 745 g/mol. The van der Waals surface area contributed by atoms with Crippen molar-refractivity contribution in [3.63, 3.8) is 0 Å². The summed E-state index contributed by atoms with van der Waals surface area (Å²) in [6, 6.07) is 8.73. The number of alkyl halides is 2. The van der Waals surface area contributed by atoms with E-state index < -0.39 is 46.0 Å². The molecule has 0 amide bonds. The van der Waals surface area contributed by atoms with Gasteiger partial charge in [0.05, 0.1) is 28.8 Å². The number of carbonyl (C=O) groups is 2. The van der Waals surface area contributed by atoms with E-state index in [1.54, 1.807) is 20.8 Å². The van der Waals surface area contributed by atoms with Gasteiger partial charge in [-0.1, -0.05) is 35.3 Å². The van der Waals surface area contributed by atoms with E-state index in [1.165, 1.54) is 48.8 Å². The predicted octanol–water partition coefficient (Wildman–Crippen LogP) is 7.47. The van der Waals surface area contributed by atoms with Gasteiger partial charge in [-0.2, -0.15) is 8.78 Å². The molecule has 1 atom stereocenters. The van der Waals surface area contributed by atoms with E-state index in [-0.39, 0.29) is 45.8 Å². The number of benzene rings is 2. The third-order valence-electron chi connectivity index (χ3n) is 8.00. The highest BCUT2D eigenvalue weighted by Gasteiger charge is 2.28. The second-order valence-corrected chi connectivity index (χ2v) is 16.4. The standard InChI is InChI=1S/C36H40Cl2F2N2O9S/c1-36(2,3)51-33(43)20-52(45,46)42-15-25-9-8-24(13-30(25)47-18-21-4-5-21)34(44)49-31(14-26-27(37)16-41-17-28(26)38)23-10-11-29(50-35(39)40)32(12-23)48-19-22-6-7-22/h8-13,16-17,21-22,31,35,42H,4-7,14-15,18-20H2,1-3H3. The molecule has 5 rings (SSSR count). The number of rotatable bonds is 18. The lowest BCUT2D eigenvalue weighted by Crippen LogP contribution is -2.34. The molecule has 2 fully saturated rings. The van der Waals surface area contributed by atoms with Crippen LogP contribution < -0.4 is 18.9 Å². The Morgan fingerprint density at radius 2 is 1.56 bits per heavy atom. The molecule has 2 aliphatic rings. The normalized spacial score (nSPS) is 15.2. The Balaban J connectivity index is 1.40. The zero-order valence-electron chi connectivity index (χ0n) is 28.8. The summed E-state index contributed by atoms with van der Waals surface area (Å²) in [5.41, 5.74) is 0.488. The number of aromatic nitrogens is 1. The zero-order valence-corrected chi connectivity index (χ0v) is 31.2. The molecule has 11 nitrogen and oxygen atoms in total. The summed E-state index contributed by atoms with van der Waals surface area (Å²) >= 11 is 12.9. The van der Waals surface area contributed by atoms with Gasteiger partial charge in [0.25, 0.3) is 0 Å². The fourth-order valence-corrected chi connectivity index (χ4v) is 6.35. The fraction of sp³-hybridized carbons (Fsp3) is 0.472. The molecular formula is C36H40Cl2F2N2O9S. The minimum absolute atomic E-state index is 0.00834. The number of carbonyl (C=O) groups excluding carboxylic acids is 2. The fourth-order valence-electron chi connectivity index (χ4n) is 4.99. The van der Waals surface area contributed by atoms with E-state index in [0.29, 0.717) is 41.7 Å². The molecule has 3 aromatic rings. The van der Waals surface area contributed by atoms with Crippen molar-refractivity contribution in [3.8, 4) is 17.2 Å². The number of hydrogen-bond donors (Lipinski definition) is 1. The van der Waals surface area contributed by atoms with Gasteiger partial charge < -0.3 is 23.7 Å². The van der Waals surface area contributed by atoms with Crippen LogP contribution in [0, 0.1) is 11.8 Å². The summed E-state index contributed by atoms with van der Waals surface area (Å²) in [5, 5.41) is 0.455. The predicted molar refractivity (Wildman–Crippen MR) is 189 cm³/mol. The smallest absolute Gasteiger partial charge is 0.387 e. The van der Waals surface area contributed by atoms with Gasteiger partial charge in [0.1, 0.15) is 17.5 Å². The number of ether oxygens (including phenoxy) is 5. The van der Waals surface area contributed by atoms with Crippen LogP contribution in [0.25, 0.3) is 0 Å². The quantitative estimate of drug-likeness (QED) is 0.129. The number of nitrogens with one attached hydrogen (secondary N) is 1. The molecule has 0 aliphatic heterocycles. The molecule has 282 valence electrons. The van der Waals surface area contributed by atoms with Crippen LogP contribution in [0.5, 0.6) is 17.2 Å². The van der Waals surface area contributed by atoms with E-state index in [2.05, 4.69) is 9.71 Å². The molecule has 1 unspecified atom stereocenters. The van der Waals surface area contributed by atoms with Crippen LogP contribution in [0.1, 0.15) is 79.6 Å². The summed E-state index contributed by atoms with van der Waals surface area (Å²) in [6.07, 6.45) is 5.64. The monoisotopic (exact) mass is 784 g/mol. The molecule has 0 radical (unpaired) electrons. The van der Waals surface area contributed by atoms with E-state index >= 15 is 0 Å². The Morgan fingerprint density at radius 1 is 0.923 bits per heavy atom. The first-order chi connectivity index (χ1) is 24.5. The highest BCUT2D eigenvalue weighted by Crippen LogP contribution is 2.38. The minimum Gasteiger partial charge on any atom is -0.493 e. The molecule has 52 heavy (non-hydrogen) atoms. The summed E-state index contributed by atoms with van der Waals surface area (Å²) in [4.78, 5) is 29.9. The molecule has 1 heterocycles. The number of halogens is 4. The molecule has 0 spiro atoms. The molecule has 0 saturated heterocycles. The van der Waals surface area contributed by atoms with Gasteiger partial charge >= 0.3 is 18.6 Å². The summed E-state index contributed by atoms with van der Waals surface area (Å²) in [6.45, 7) is 2.26. The Morgan fingerprint density at radius 3 is 2.15 bits per heavy atom. The van der Waals surface area contributed by atoms with Crippen molar-refractivity contribution >= 4 is 45.2 Å². The van der Waals surface area contributed by atoms with Crippen molar-refractivity contribution in [1.29, 1.82) is 0 Å². The van der Waals surface area contributed by atoms with Crippen molar-refractivity contribution in [2.75, 3.05) is 19.0 Å². The third kappa shape index (κ3) is 12.2. The minimum atomic E-state index is -4.07. The second-order valence-electron chi connectivity index (χ2n) is 13.8. The average molecular weight is 786 g/mol. The van der Waals surface area contributed by atoms with Gasteiger partial charge in [0.2, 0.25) is 10.0 Å². The van der Waals surface area contributed by atoms with Crippen molar-refractivity contribution in [3.05, 3.63) is 81.1 Å². The van der Waals surface area contributed by atoms with Crippen LogP contribution in [-0.2, 0) is 37.3 Å². The van der Waals surface area contributed by atoms with E-state index in [9.17, 15) is 26.8 Å². The molecule has 2 aromatic carbocycles. The summed E-state index contributed by atoms with van der Waals surface area (Å²) < 4.78 is 82.0. The maximum Gasteiger partial charge on any atom is 0.387 e. The molecule has 1 N–H and O–H groups in total. The van der Waals surface area contributed by atoms with Gasteiger partial charge in [0.15, 0.2) is 17.3 Å². The van der Waals surface area contributed by atoms with Crippen LogP contribution in [0.3, 0.4) is 0 Å². The zero-order chi connectivity index (χ0) is 37.6. The van der Waals surface area contributed by atoms with Gasteiger partial charge in [-0.3, -0.25) is 9.78 Å². The largest absolute Gasteiger partial charge is 0.493 e. The maximum atomic E-state index is 13.8. The second kappa shape index (κ2) is 17.0. The summed E-state index contributed by atoms with van der Waals surface area (Å²) in [7, 11) is -4.07. The van der Waals surface area contributed by atoms with Crippen molar-refractivity contribution < 1.29 is 50.5 Å². The van der Waals surface area contributed by atoms with Gasteiger partial charge in [-0.05, 0) is 93.7 Å². The number of sulfonamides is 1. The molecule has 1 aromatic heterocycles.